The molecule has 12 heavy (non-hydrogen) atoms. The first-order valence-electron chi connectivity index (χ1n) is 4.45. The topological polar surface area (TPSA) is 58.4 Å². The van der Waals surface area contributed by atoms with E-state index in [0.717, 1.165) is 25.8 Å². The molecule has 0 aromatic carbocycles. The van der Waals surface area contributed by atoms with Gasteiger partial charge in [-0.05, 0) is 25.8 Å². The molecule has 1 saturated carbocycles. The third-order valence-electron chi connectivity index (χ3n) is 1.95. The summed E-state index contributed by atoms with van der Waals surface area (Å²) in [6.07, 6.45) is 3.14. The Morgan fingerprint density at radius 3 is 2.83 bits per heavy atom. The lowest BCUT2D eigenvalue weighted by molar-refractivity contribution is 0.208. The minimum atomic E-state index is 0.0333. The van der Waals surface area contributed by atoms with Crippen molar-refractivity contribution in [2.45, 2.75) is 25.3 Å². The monoisotopic (exact) mass is 171 g/mol. The summed E-state index contributed by atoms with van der Waals surface area (Å²) in [5.41, 5.74) is 5.33. The summed E-state index contributed by atoms with van der Waals surface area (Å²) in [5, 5.41) is 2.91. The Morgan fingerprint density at radius 2 is 2.33 bits per heavy atom. The van der Waals surface area contributed by atoms with Crippen LogP contribution < -0.4 is 11.1 Å². The maximum absolute atomic E-state index is 11.3. The van der Waals surface area contributed by atoms with Crippen molar-refractivity contribution in [1.29, 1.82) is 0 Å². The van der Waals surface area contributed by atoms with Crippen molar-refractivity contribution >= 4 is 6.03 Å². The fraction of sp³-hybridized carbons (Fsp3) is 0.875. The molecule has 1 aliphatic carbocycles. The molecule has 3 N–H and O–H groups in total. The number of hydrogen-bond acceptors (Lipinski definition) is 2. The van der Waals surface area contributed by atoms with E-state index in [4.69, 9.17) is 5.73 Å². The second-order valence-corrected chi connectivity index (χ2v) is 3.29. The molecule has 0 saturated heterocycles. The number of carbonyl (C=O) groups is 1. The molecule has 0 spiro atoms. The molecular formula is C8H17N3O. The molecule has 0 aromatic heterocycles. The molecule has 0 bridgehead atoms. The molecule has 0 atom stereocenters. The van der Waals surface area contributed by atoms with E-state index < -0.39 is 0 Å². The summed E-state index contributed by atoms with van der Waals surface area (Å²) >= 11 is 0. The van der Waals surface area contributed by atoms with Gasteiger partial charge in [0.15, 0.2) is 0 Å². The van der Waals surface area contributed by atoms with Crippen LogP contribution in [-0.2, 0) is 0 Å². The van der Waals surface area contributed by atoms with Crippen molar-refractivity contribution in [3.8, 4) is 0 Å². The fourth-order valence-electron chi connectivity index (χ4n) is 0.942. The molecule has 1 rings (SSSR count). The molecule has 0 heterocycles. The van der Waals surface area contributed by atoms with Crippen molar-refractivity contribution in [3.05, 3.63) is 0 Å². The van der Waals surface area contributed by atoms with Crippen LogP contribution in [0, 0.1) is 0 Å². The first-order chi connectivity index (χ1) is 5.74. The highest BCUT2D eigenvalue weighted by atomic mass is 16.2. The SMILES string of the molecule is CN(CCCN)C(=O)NC1CC1. The Bertz CT molecular complexity index is 156. The molecule has 1 fully saturated rings. The van der Waals surface area contributed by atoms with Gasteiger partial charge in [0.25, 0.3) is 0 Å². The summed E-state index contributed by atoms with van der Waals surface area (Å²) in [4.78, 5) is 13.0. The molecule has 1 aliphatic rings. The predicted molar refractivity (Wildman–Crippen MR) is 47.9 cm³/mol. The van der Waals surface area contributed by atoms with Crippen LogP contribution in [0.25, 0.3) is 0 Å². The van der Waals surface area contributed by atoms with Gasteiger partial charge in [-0.3, -0.25) is 0 Å². The molecular weight excluding hydrogens is 154 g/mol. The summed E-state index contributed by atoms with van der Waals surface area (Å²) in [6, 6.07) is 0.476. The van der Waals surface area contributed by atoms with Gasteiger partial charge in [-0.1, -0.05) is 0 Å². The van der Waals surface area contributed by atoms with Gasteiger partial charge in [0, 0.05) is 19.6 Å². The Morgan fingerprint density at radius 1 is 1.67 bits per heavy atom. The number of nitrogens with zero attached hydrogens (tertiary/aromatic N) is 1. The Balaban J connectivity index is 2.11. The largest absolute Gasteiger partial charge is 0.335 e. The molecule has 4 heteroatoms. The van der Waals surface area contributed by atoms with Crippen LogP contribution in [0.1, 0.15) is 19.3 Å². The van der Waals surface area contributed by atoms with Crippen molar-refractivity contribution in [3.63, 3.8) is 0 Å². The smallest absolute Gasteiger partial charge is 0.317 e. The number of carbonyl (C=O) groups excluding carboxylic acids is 1. The third kappa shape index (κ3) is 3.09. The van der Waals surface area contributed by atoms with Gasteiger partial charge in [0.2, 0.25) is 0 Å². The van der Waals surface area contributed by atoms with E-state index in [9.17, 15) is 4.79 Å². The minimum Gasteiger partial charge on any atom is -0.335 e. The van der Waals surface area contributed by atoms with Crippen LogP contribution in [0.4, 0.5) is 4.79 Å². The molecule has 2 amide bonds. The zero-order valence-electron chi connectivity index (χ0n) is 7.55. The first kappa shape index (κ1) is 9.32. The normalized spacial score (nSPS) is 15.8. The van der Waals surface area contributed by atoms with E-state index in [1.807, 2.05) is 0 Å². The Kier molecular flexibility index (Phi) is 3.34. The predicted octanol–water partition coefficient (Wildman–Crippen LogP) is 0.139. The van der Waals surface area contributed by atoms with Crippen LogP contribution in [-0.4, -0.2) is 37.1 Å². The Hall–Kier alpha value is -0.770. The van der Waals surface area contributed by atoms with Gasteiger partial charge in [-0.25, -0.2) is 4.79 Å². The van der Waals surface area contributed by atoms with Crippen LogP contribution in [0.5, 0.6) is 0 Å². The molecule has 0 aliphatic heterocycles. The average molecular weight is 171 g/mol. The zero-order chi connectivity index (χ0) is 8.97. The van der Waals surface area contributed by atoms with Crippen LogP contribution in [0.15, 0.2) is 0 Å². The fourth-order valence-corrected chi connectivity index (χ4v) is 0.942. The van der Waals surface area contributed by atoms with E-state index in [-0.39, 0.29) is 6.03 Å². The second-order valence-electron chi connectivity index (χ2n) is 3.29. The Labute approximate surface area is 73.1 Å². The van der Waals surface area contributed by atoms with Gasteiger partial charge in [0.05, 0.1) is 0 Å². The quantitative estimate of drug-likeness (QED) is 0.632. The van der Waals surface area contributed by atoms with E-state index in [1.165, 1.54) is 0 Å². The second kappa shape index (κ2) is 4.30. The molecule has 70 valence electrons. The van der Waals surface area contributed by atoms with Gasteiger partial charge < -0.3 is 16.0 Å². The van der Waals surface area contributed by atoms with Crippen LogP contribution >= 0.6 is 0 Å². The van der Waals surface area contributed by atoms with E-state index >= 15 is 0 Å². The van der Waals surface area contributed by atoms with Crippen LogP contribution in [0.2, 0.25) is 0 Å². The zero-order valence-corrected chi connectivity index (χ0v) is 7.55. The highest BCUT2D eigenvalue weighted by Crippen LogP contribution is 2.18. The maximum Gasteiger partial charge on any atom is 0.317 e. The van der Waals surface area contributed by atoms with Gasteiger partial charge in [-0.2, -0.15) is 0 Å². The standard InChI is InChI=1S/C8H17N3O/c1-11(6-2-5-9)8(12)10-7-3-4-7/h7H,2-6,9H2,1H3,(H,10,12). The number of amides is 2. The number of nitrogens with one attached hydrogen (secondary N) is 1. The highest BCUT2D eigenvalue weighted by molar-refractivity contribution is 5.74. The van der Waals surface area contributed by atoms with Gasteiger partial charge >= 0.3 is 6.03 Å². The highest BCUT2D eigenvalue weighted by Gasteiger charge is 2.24. The summed E-state index contributed by atoms with van der Waals surface area (Å²) in [7, 11) is 1.80. The van der Waals surface area contributed by atoms with Crippen molar-refractivity contribution < 1.29 is 4.79 Å². The number of hydrogen-bond donors (Lipinski definition) is 2. The lowest BCUT2D eigenvalue weighted by atomic mass is 10.4. The van der Waals surface area contributed by atoms with Crippen molar-refractivity contribution in [1.82, 2.24) is 10.2 Å². The maximum atomic E-state index is 11.3. The molecule has 0 unspecified atom stereocenters. The molecule has 0 radical (unpaired) electrons. The average Bonchev–Trinajstić information content (AvgIpc) is 2.83. The number of rotatable bonds is 4. The summed E-state index contributed by atoms with van der Waals surface area (Å²) in [5.74, 6) is 0. The lowest BCUT2D eigenvalue weighted by Gasteiger charge is -2.16. The number of nitrogens with two attached hydrogens (primary N) is 1. The van der Waals surface area contributed by atoms with E-state index in [1.54, 1.807) is 11.9 Å². The summed E-state index contributed by atoms with van der Waals surface area (Å²) < 4.78 is 0. The third-order valence-corrected chi connectivity index (χ3v) is 1.95. The first-order valence-corrected chi connectivity index (χ1v) is 4.45. The van der Waals surface area contributed by atoms with Crippen molar-refractivity contribution in [2.24, 2.45) is 5.73 Å². The molecule has 4 nitrogen and oxygen atoms in total. The molecule has 0 aromatic rings. The lowest BCUT2D eigenvalue weighted by Crippen LogP contribution is -2.39. The van der Waals surface area contributed by atoms with Gasteiger partial charge in [-0.15, -0.1) is 0 Å². The van der Waals surface area contributed by atoms with Crippen molar-refractivity contribution in [2.75, 3.05) is 20.1 Å². The van der Waals surface area contributed by atoms with E-state index in [0.29, 0.717) is 12.6 Å². The van der Waals surface area contributed by atoms with E-state index in [2.05, 4.69) is 5.32 Å². The van der Waals surface area contributed by atoms with Gasteiger partial charge in [0.1, 0.15) is 0 Å². The number of urea groups is 1. The minimum absolute atomic E-state index is 0.0333. The van der Waals surface area contributed by atoms with Crippen LogP contribution in [0.3, 0.4) is 0 Å². The summed E-state index contributed by atoms with van der Waals surface area (Å²) in [6.45, 7) is 1.39.